The van der Waals surface area contributed by atoms with Crippen LogP contribution in [0, 0.1) is 22.7 Å². The first-order valence-corrected chi connectivity index (χ1v) is 11.0. The summed E-state index contributed by atoms with van der Waals surface area (Å²) in [6.07, 6.45) is 7.39. The summed E-state index contributed by atoms with van der Waals surface area (Å²) < 4.78 is 23.4. The molecule has 0 amide bonds. The molecule has 0 saturated heterocycles. The van der Waals surface area contributed by atoms with Gasteiger partial charge >= 0.3 is 0 Å². The molecule has 2 bridgehead atoms. The van der Waals surface area contributed by atoms with E-state index >= 15 is 0 Å². The molecule has 4 aliphatic rings. The van der Waals surface area contributed by atoms with E-state index in [2.05, 4.69) is 53.4 Å². The number of ether oxygens (including phenoxy) is 4. The molecule has 4 heteroatoms. The van der Waals surface area contributed by atoms with Crippen LogP contribution in [-0.4, -0.2) is 49.8 Å². The summed E-state index contributed by atoms with van der Waals surface area (Å²) in [5.41, 5.74) is 0.606. The molecule has 0 spiro atoms. The lowest BCUT2D eigenvalue weighted by Crippen LogP contribution is -2.63. The van der Waals surface area contributed by atoms with E-state index in [0.717, 1.165) is 25.9 Å². The third kappa shape index (κ3) is 6.20. The molecule has 0 heterocycles. The first-order chi connectivity index (χ1) is 13.0. The highest BCUT2D eigenvalue weighted by Crippen LogP contribution is 2.73. The summed E-state index contributed by atoms with van der Waals surface area (Å²) in [6.45, 7) is 15.5. The summed E-state index contributed by atoms with van der Waals surface area (Å²) >= 11 is 0. The van der Waals surface area contributed by atoms with Crippen molar-refractivity contribution < 1.29 is 18.9 Å². The molecule has 4 nitrogen and oxygen atoms in total. The van der Waals surface area contributed by atoms with Gasteiger partial charge in [0.2, 0.25) is 0 Å². The zero-order chi connectivity index (χ0) is 20.5. The van der Waals surface area contributed by atoms with E-state index in [0.29, 0.717) is 42.9 Å². The van der Waals surface area contributed by atoms with E-state index < -0.39 is 0 Å². The molecule has 0 atom stereocenters. The lowest BCUT2D eigenvalue weighted by Gasteiger charge is -2.68. The molecule has 4 saturated carbocycles. The van der Waals surface area contributed by atoms with Gasteiger partial charge < -0.3 is 18.9 Å². The van der Waals surface area contributed by atoms with E-state index in [9.17, 15) is 0 Å². The standard InChI is InChI=1S/C24H40O4/c1-21(2,3)27-12-11-25-10-8-7-9-23-15-24(16-23,17-23)18-26-19-13-20(14-19)28-22(4,5)6/h19-20H,8,10-18H2,1-6H3. The minimum atomic E-state index is -0.0898. The Balaban J connectivity index is 1.20. The molecule has 0 aromatic heterocycles. The molecule has 0 radical (unpaired) electrons. The van der Waals surface area contributed by atoms with Crippen LogP contribution in [0.4, 0.5) is 0 Å². The van der Waals surface area contributed by atoms with Crippen LogP contribution in [0.15, 0.2) is 0 Å². The van der Waals surface area contributed by atoms with Crippen LogP contribution in [0.3, 0.4) is 0 Å². The van der Waals surface area contributed by atoms with Crippen LogP contribution < -0.4 is 0 Å². The summed E-state index contributed by atoms with van der Waals surface area (Å²) in [5.74, 6) is 6.84. The topological polar surface area (TPSA) is 36.9 Å². The minimum Gasteiger partial charge on any atom is -0.378 e. The second-order valence-electron chi connectivity index (χ2n) is 11.2. The fourth-order valence-electron chi connectivity index (χ4n) is 4.71. The number of hydrogen-bond donors (Lipinski definition) is 0. The van der Waals surface area contributed by atoms with Crippen molar-refractivity contribution in [1.29, 1.82) is 0 Å². The summed E-state index contributed by atoms with van der Waals surface area (Å²) in [5, 5.41) is 0. The summed E-state index contributed by atoms with van der Waals surface area (Å²) in [6, 6.07) is 0. The predicted octanol–water partition coefficient (Wildman–Crippen LogP) is 4.74. The normalized spacial score (nSPS) is 33.9. The quantitative estimate of drug-likeness (QED) is 0.419. The van der Waals surface area contributed by atoms with E-state index in [-0.39, 0.29) is 11.2 Å². The SMILES string of the molecule is CC(C)(C)OCCOCCC#CC12CC(COC3CC(OC(C)(C)C)C3)(C1)C2. The van der Waals surface area contributed by atoms with Gasteiger partial charge in [-0.05, 0) is 79.1 Å². The molecule has 4 rings (SSSR count). The Morgan fingerprint density at radius 2 is 1.54 bits per heavy atom. The van der Waals surface area contributed by atoms with Crippen LogP contribution in [0.25, 0.3) is 0 Å². The van der Waals surface area contributed by atoms with E-state index in [1.807, 2.05) is 0 Å². The van der Waals surface area contributed by atoms with Crippen LogP contribution >= 0.6 is 0 Å². The molecule has 160 valence electrons. The Morgan fingerprint density at radius 3 is 2.14 bits per heavy atom. The van der Waals surface area contributed by atoms with Gasteiger partial charge in [-0.15, -0.1) is 5.92 Å². The van der Waals surface area contributed by atoms with Gasteiger partial charge in [-0.1, -0.05) is 5.92 Å². The third-order valence-corrected chi connectivity index (χ3v) is 5.82. The number of hydrogen-bond acceptors (Lipinski definition) is 4. The molecule has 0 unspecified atom stereocenters. The zero-order valence-corrected chi connectivity index (χ0v) is 18.9. The molecule has 4 aliphatic carbocycles. The van der Waals surface area contributed by atoms with E-state index in [1.54, 1.807) is 0 Å². The molecular weight excluding hydrogens is 352 g/mol. The summed E-state index contributed by atoms with van der Waals surface area (Å²) in [4.78, 5) is 0. The highest BCUT2D eigenvalue weighted by molar-refractivity contribution is 5.30. The van der Waals surface area contributed by atoms with E-state index in [4.69, 9.17) is 18.9 Å². The molecule has 0 aromatic carbocycles. The van der Waals surface area contributed by atoms with Crippen molar-refractivity contribution >= 4 is 0 Å². The minimum absolute atomic E-state index is 0.0419. The maximum Gasteiger partial charge on any atom is 0.0707 e. The van der Waals surface area contributed by atoms with Gasteiger partial charge in [-0.3, -0.25) is 0 Å². The Kier molecular flexibility index (Phi) is 6.52. The maximum atomic E-state index is 6.16. The highest BCUT2D eigenvalue weighted by Gasteiger charge is 2.67. The van der Waals surface area contributed by atoms with Crippen molar-refractivity contribution in [2.75, 3.05) is 26.4 Å². The smallest absolute Gasteiger partial charge is 0.0707 e. The monoisotopic (exact) mass is 392 g/mol. The van der Waals surface area contributed by atoms with Crippen molar-refractivity contribution in [2.24, 2.45) is 10.8 Å². The molecule has 4 fully saturated rings. The molecule has 28 heavy (non-hydrogen) atoms. The molecule has 0 aliphatic heterocycles. The van der Waals surface area contributed by atoms with Crippen LogP contribution in [0.5, 0.6) is 0 Å². The largest absolute Gasteiger partial charge is 0.378 e. The Bertz CT molecular complexity index is 561. The second-order valence-corrected chi connectivity index (χ2v) is 11.2. The van der Waals surface area contributed by atoms with Gasteiger partial charge in [-0.25, -0.2) is 0 Å². The first-order valence-electron chi connectivity index (χ1n) is 11.0. The molecule has 0 aromatic rings. The van der Waals surface area contributed by atoms with Crippen molar-refractivity contribution in [3.05, 3.63) is 0 Å². The summed E-state index contributed by atoms with van der Waals surface area (Å²) in [7, 11) is 0. The molecule has 0 N–H and O–H groups in total. The third-order valence-electron chi connectivity index (χ3n) is 5.82. The Hall–Kier alpha value is -0.600. The lowest BCUT2D eigenvalue weighted by molar-refractivity contribution is -0.225. The predicted molar refractivity (Wildman–Crippen MR) is 111 cm³/mol. The van der Waals surface area contributed by atoms with Gasteiger partial charge in [0, 0.05) is 11.8 Å². The Labute approximate surface area is 172 Å². The van der Waals surface area contributed by atoms with Gasteiger partial charge in [0.05, 0.1) is 49.8 Å². The number of rotatable bonds is 9. The van der Waals surface area contributed by atoms with Crippen molar-refractivity contribution in [1.82, 2.24) is 0 Å². The molecular formula is C24H40O4. The van der Waals surface area contributed by atoms with Gasteiger partial charge in [-0.2, -0.15) is 0 Å². The lowest BCUT2D eigenvalue weighted by atomic mass is 9.36. The average Bonchev–Trinajstić information content (AvgIpc) is 2.44. The maximum absolute atomic E-state index is 6.16. The first kappa shape index (κ1) is 22.1. The van der Waals surface area contributed by atoms with Gasteiger partial charge in [0.1, 0.15) is 0 Å². The zero-order valence-electron chi connectivity index (χ0n) is 18.9. The van der Waals surface area contributed by atoms with Crippen molar-refractivity contribution in [3.63, 3.8) is 0 Å². The fraction of sp³-hybridized carbons (Fsp3) is 0.917. The van der Waals surface area contributed by atoms with Crippen LogP contribution in [0.1, 0.15) is 80.1 Å². The highest BCUT2D eigenvalue weighted by atomic mass is 16.5. The van der Waals surface area contributed by atoms with E-state index in [1.165, 1.54) is 19.3 Å². The fourth-order valence-corrected chi connectivity index (χ4v) is 4.71. The van der Waals surface area contributed by atoms with Crippen molar-refractivity contribution in [2.45, 2.75) is 103 Å². The van der Waals surface area contributed by atoms with Crippen molar-refractivity contribution in [3.8, 4) is 11.8 Å². The van der Waals surface area contributed by atoms with Gasteiger partial charge in [0.25, 0.3) is 0 Å². The average molecular weight is 393 g/mol. The van der Waals surface area contributed by atoms with Gasteiger partial charge in [0.15, 0.2) is 0 Å². The Morgan fingerprint density at radius 1 is 0.857 bits per heavy atom. The second kappa shape index (κ2) is 8.26. The van der Waals surface area contributed by atoms with Crippen LogP contribution in [0.2, 0.25) is 0 Å². The van der Waals surface area contributed by atoms with Crippen LogP contribution in [-0.2, 0) is 18.9 Å².